The van der Waals surface area contributed by atoms with Crippen LogP contribution in [0.1, 0.15) is 27.3 Å². The second-order valence-corrected chi connectivity index (χ2v) is 6.53. The zero-order chi connectivity index (χ0) is 19.2. The highest BCUT2D eigenvalue weighted by molar-refractivity contribution is 7.89. The number of rotatable bonds is 3. The minimum absolute atomic E-state index is 0.0534. The van der Waals surface area contributed by atoms with Gasteiger partial charge in [0.2, 0.25) is 16.0 Å². The second kappa shape index (κ2) is 8.31. The molecule has 0 unspecified atom stereocenters. The number of carbonyl (C=O) groups excluding carboxylic acids is 1. The van der Waals surface area contributed by atoms with Gasteiger partial charge in [-0.2, -0.15) is 0 Å². The zero-order valence-electron chi connectivity index (χ0n) is 13.8. The number of aryl methyl sites for hydroxylation is 2. The van der Waals surface area contributed by atoms with Gasteiger partial charge in [-0.25, -0.2) is 23.5 Å². The van der Waals surface area contributed by atoms with Crippen LogP contribution < -0.4 is 10.5 Å². The summed E-state index contributed by atoms with van der Waals surface area (Å²) in [5, 5.41) is 14.5. The molecule has 0 radical (unpaired) electrons. The van der Waals surface area contributed by atoms with Crippen molar-refractivity contribution in [1.82, 2.24) is 9.97 Å². The molecule has 25 heavy (non-hydrogen) atoms. The molecular weight excluding hydrogens is 348 g/mol. The molecule has 2 aromatic rings. The van der Waals surface area contributed by atoms with Gasteiger partial charge in [0.15, 0.2) is 0 Å². The first kappa shape index (κ1) is 20.2. The summed E-state index contributed by atoms with van der Waals surface area (Å²) in [7, 11) is -3.78. The number of benzene rings is 1. The minimum atomic E-state index is -3.78. The Balaban J connectivity index is 0.000000970. The molecule has 0 aliphatic rings. The van der Waals surface area contributed by atoms with E-state index in [2.05, 4.69) is 15.3 Å². The monoisotopic (exact) mass is 366 g/mol. The summed E-state index contributed by atoms with van der Waals surface area (Å²) < 4.78 is 22.3. The summed E-state index contributed by atoms with van der Waals surface area (Å²) in [6.07, 6.45) is 0. The lowest BCUT2D eigenvalue weighted by molar-refractivity contribution is -0.122. The van der Waals surface area contributed by atoms with Crippen LogP contribution in [0.15, 0.2) is 29.2 Å². The van der Waals surface area contributed by atoms with E-state index in [1.165, 1.54) is 24.3 Å². The Morgan fingerprint density at radius 3 is 1.96 bits per heavy atom. The number of sulfonamides is 1. The van der Waals surface area contributed by atoms with E-state index in [0.717, 1.165) is 17.0 Å². The van der Waals surface area contributed by atoms with Crippen molar-refractivity contribution in [3.8, 4) is 0 Å². The molecule has 1 amide bonds. The standard InChI is InChI=1S/C14H16N4O3S.CH2O2/c1-8-9(2)16-14(17-10(8)3)18-13(19)11-4-6-12(7-5-11)22(15,20)21;2-1-3/h4-7H,1-3H3,(H2,15,20,21)(H,16,17,18,19);1H,(H,2,3). The lowest BCUT2D eigenvalue weighted by atomic mass is 10.2. The average molecular weight is 366 g/mol. The molecule has 134 valence electrons. The van der Waals surface area contributed by atoms with E-state index in [1.54, 1.807) is 0 Å². The molecule has 0 aliphatic carbocycles. The van der Waals surface area contributed by atoms with Crippen molar-refractivity contribution in [2.45, 2.75) is 25.7 Å². The summed E-state index contributed by atoms with van der Waals surface area (Å²) in [5.41, 5.74) is 2.82. The number of hydrogen-bond donors (Lipinski definition) is 3. The van der Waals surface area contributed by atoms with Gasteiger partial charge in [-0.3, -0.25) is 14.9 Å². The molecule has 0 fully saturated rings. The first-order chi connectivity index (χ1) is 11.6. The molecule has 9 nitrogen and oxygen atoms in total. The third-order valence-electron chi connectivity index (χ3n) is 3.30. The highest BCUT2D eigenvalue weighted by Gasteiger charge is 2.12. The Morgan fingerprint density at radius 1 is 1.12 bits per heavy atom. The maximum Gasteiger partial charge on any atom is 0.290 e. The Hall–Kier alpha value is -2.85. The van der Waals surface area contributed by atoms with Gasteiger partial charge < -0.3 is 5.11 Å². The highest BCUT2D eigenvalue weighted by Crippen LogP contribution is 2.13. The van der Waals surface area contributed by atoms with Crippen LogP contribution in [0.25, 0.3) is 0 Å². The second-order valence-electron chi connectivity index (χ2n) is 4.97. The molecule has 0 bridgehead atoms. The number of hydrogen-bond acceptors (Lipinski definition) is 6. The first-order valence-electron chi connectivity index (χ1n) is 6.94. The zero-order valence-corrected chi connectivity index (χ0v) is 14.7. The summed E-state index contributed by atoms with van der Waals surface area (Å²) in [6, 6.07) is 5.31. The number of amides is 1. The van der Waals surface area contributed by atoms with Crippen LogP contribution in [-0.2, 0) is 14.8 Å². The SMILES string of the molecule is Cc1nc(NC(=O)c2ccc(S(N)(=O)=O)cc2)nc(C)c1C.O=CO. The Labute approximate surface area is 145 Å². The predicted octanol–water partition coefficient (Wildman–Crippen LogP) is 1.00. The third kappa shape index (κ3) is 5.62. The lowest BCUT2D eigenvalue weighted by Crippen LogP contribution is -2.16. The maximum atomic E-state index is 12.1. The van der Waals surface area contributed by atoms with Gasteiger partial charge in [0.1, 0.15) is 0 Å². The van der Waals surface area contributed by atoms with Crippen molar-refractivity contribution in [1.29, 1.82) is 0 Å². The van der Waals surface area contributed by atoms with Crippen LogP contribution in [0.4, 0.5) is 5.95 Å². The Morgan fingerprint density at radius 2 is 1.56 bits per heavy atom. The fourth-order valence-electron chi connectivity index (χ4n) is 1.80. The number of carbonyl (C=O) groups is 2. The third-order valence-corrected chi connectivity index (χ3v) is 4.23. The number of anilines is 1. The largest absolute Gasteiger partial charge is 0.483 e. The fraction of sp³-hybridized carbons (Fsp3) is 0.200. The predicted molar refractivity (Wildman–Crippen MR) is 90.7 cm³/mol. The van der Waals surface area contributed by atoms with Crippen molar-refractivity contribution in [2.24, 2.45) is 5.14 Å². The highest BCUT2D eigenvalue weighted by atomic mass is 32.2. The van der Waals surface area contributed by atoms with Gasteiger partial charge in [0.05, 0.1) is 4.90 Å². The van der Waals surface area contributed by atoms with Gasteiger partial charge in [-0.1, -0.05) is 0 Å². The smallest absolute Gasteiger partial charge is 0.290 e. The van der Waals surface area contributed by atoms with Crippen LogP contribution in [0.2, 0.25) is 0 Å². The number of carboxylic acid groups (broad SMARTS) is 1. The summed E-state index contributed by atoms with van der Waals surface area (Å²) >= 11 is 0. The Kier molecular flexibility index (Phi) is 6.71. The quantitative estimate of drug-likeness (QED) is 0.685. The molecule has 1 aromatic carbocycles. The molecule has 10 heteroatoms. The normalized spacial score (nSPS) is 10.4. The molecule has 1 aromatic heterocycles. The first-order valence-corrected chi connectivity index (χ1v) is 8.48. The van der Waals surface area contributed by atoms with E-state index < -0.39 is 15.9 Å². The topological polar surface area (TPSA) is 152 Å². The van der Waals surface area contributed by atoms with Crippen molar-refractivity contribution in [2.75, 3.05) is 5.32 Å². The van der Waals surface area contributed by atoms with E-state index in [4.69, 9.17) is 15.0 Å². The number of aromatic nitrogens is 2. The van der Waals surface area contributed by atoms with E-state index >= 15 is 0 Å². The fourth-order valence-corrected chi connectivity index (χ4v) is 2.31. The molecule has 4 N–H and O–H groups in total. The van der Waals surface area contributed by atoms with Crippen molar-refractivity contribution in [3.05, 3.63) is 46.8 Å². The molecule has 0 saturated heterocycles. The molecule has 1 heterocycles. The van der Waals surface area contributed by atoms with Gasteiger partial charge >= 0.3 is 0 Å². The maximum absolute atomic E-state index is 12.1. The van der Waals surface area contributed by atoms with Gasteiger partial charge in [-0.15, -0.1) is 0 Å². The van der Waals surface area contributed by atoms with E-state index in [-0.39, 0.29) is 22.9 Å². The molecule has 0 aliphatic heterocycles. The number of nitrogens with two attached hydrogens (primary N) is 1. The average Bonchev–Trinajstić information content (AvgIpc) is 2.52. The van der Waals surface area contributed by atoms with Crippen molar-refractivity contribution >= 4 is 28.4 Å². The summed E-state index contributed by atoms with van der Waals surface area (Å²) in [4.78, 5) is 28.8. The van der Waals surface area contributed by atoms with E-state index in [0.29, 0.717) is 0 Å². The van der Waals surface area contributed by atoms with Crippen molar-refractivity contribution in [3.63, 3.8) is 0 Å². The number of nitrogens with one attached hydrogen (secondary N) is 1. The van der Waals surface area contributed by atoms with E-state index in [1.807, 2.05) is 20.8 Å². The Bertz CT molecular complexity index is 856. The number of primary sulfonamides is 1. The van der Waals surface area contributed by atoms with Gasteiger partial charge in [0, 0.05) is 17.0 Å². The summed E-state index contributed by atoms with van der Waals surface area (Å²) in [6.45, 7) is 5.32. The molecule has 2 rings (SSSR count). The van der Waals surface area contributed by atoms with E-state index in [9.17, 15) is 13.2 Å². The minimum Gasteiger partial charge on any atom is -0.483 e. The van der Waals surface area contributed by atoms with Crippen LogP contribution in [0.3, 0.4) is 0 Å². The van der Waals surface area contributed by atoms with Crippen LogP contribution in [0, 0.1) is 20.8 Å². The molecule has 0 atom stereocenters. The van der Waals surface area contributed by atoms with Gasteiger partial charge in [-0.05, 0) is 50.6 Å². The van der Waals surface area contributed by atoms with Crippen LogP contribution in [-0.4, -0.2) is 35.9 Å². The van der Waals surface area contributed by atoms with Gasteiger partial charge in [0.25, 0.3) is 12.4 Å². The number of nitrogens with zero attached hydrogens (tertiary/aromatic N) is 2. The van der Waals surface area contributed by atoms with Crippen molar-refractivity contribution < 1.29 is 23.1 Å². The molecule has 0 saturated carbocycles. The molecular formula is C15H18N4O5S. The van der Waals surface area contributed by atoms with Crippen LogP contribution in [0.5, 0.6) is 0 Å². The van der Waals surface area contributed by atoms with Crippen LogP contribution >= 0.6 is 0 Å². The summed E-state index contributed by atoms with van der Waals surface area (Å²) in [5.74, 6) is -0.218. The lowest BCUT2D eigenvalue weighted by Gasteiger charge is -2.08. The molecule has 0 spiro atoms.